The number of benzene rings is 1. The zero-order valence-electron chi connectivity index (χ0n) is 12.5. The van der Waals surface area contributed by atoms with Crippen molar-refractivity contribution in [3.8, 4) is 11.5 Å². The molecule has 0 amide bonds. The van der Waals surface area contributed by atoms with Crippen LogP contribution in [0.15, 0.2) is 23.2 Å². The van der Waals surface area contributed by atoms with E-state index in [2.05, 4.69) is 10.3 Å². The number of rotatable bonds is 7. The summed E-state index contributed by atoms with van der Waals surface area (Å²) >= 11 is 0. The minimum Gasteiger partial charge on any atom is -0.497 e. The molecule has 1 atom stereocenters. The lowest BCUT2D eigenvalue weighted by Crippen LogP contribution is -2.40. The Morgan fingerprint density at radius 1 is 1.30 bits per heavy atom. The number of hydrogen-bond acceptors (Lipinski definition) is 4. The molecule has 0 spiro atoms. The molecule has 0 aliphatic heterocycles. The third-order valence-corrected chi connectivity index (χ3v) is 2.72. The fourth-order valence-corrected chi connectivity index (χ4v) is 1.74. The lowest BCUT2D eigenvalue weighted by atomic mass is 10.2. The van der Waals surface area contributed by atoms with Crippen LogP contribution in [-0.2, 0) is 11.3 Å². The van der Waals surface area contributed by atoms with Crippen LogP contribution in [0.2, 0.25) is 0 Å². The van der Waals surface area contributed by atoms with Gasteiger partial charge in [-0.05, 0) is 19.1 Å². The average molecular weight is 281 g/mol. The first kappa shape index (κ1) is 16.1. The van der Waals surface area contributed by atoms with E-state index in [0.29, 0.717) is 19.1 Å². The van der Waals surface area contributed by atoms with E-state index in [-0.39, 0.29) is 6.04 Å². The van der Waals surface area contributed by atoms with Crippen molar-refractivity contribution in [2.24, 2.45) is 10.7 Å². The molecule has 1 aromatic carbocycles. The van der Waals surface area contributed by atoms with Crippen molar-refractivity contribution < 1.29 is 14.2 Å². The number of nitrogens with two attached hydrogens (primary N) is 1. The van der Waals surface area contributed by atoms with Crippen molar-refractivity contribution in [1.29, 1.82) is 0 Å². The van der Waals surface area contributed by atoms with Crippen LogP contribution >= 0.6 is 0 Å². The summed E-state index contributed by atoms with van der Waals surface area (Å²) in [6.45, 7) is 2.98. The molecule has 0 bridgehead atoms. The topological polar surface area (TPSA) is 78.1 Å². The molecule has 6 heteroatoms. The zero-order valence-corrected chi connectivity index (χ0v) is 12.5. The van der Waals surface area contributed by atoms with Crippen molar-refractivity contribution >= 4 is 5.96 Å². The molecule has 1 unspecified atom stereocenters. The fourth-order valence-electron chi connectivity index (χ4n) is 1.74. The van der Waals surface area contributed by atoms with E-state index < -0.39 is 0 Å². The van der Waals surface area contributed by atoms with Gasteiger partial charge in [0.25, 0.3) is 0 Å². The molecular formula is C14H23N3O3. The SMILES string of the molecule is COCC(C)NC(N)=NCc1ccc(OC)cc1OC. The highest BCUT2D eigenvalue weighted by molar-refractivity contribution is 5.78. The molecule has 0 saturated carbocycles. The van der Waals surface area contributed by atoms with Crippen molar-refractivity contribution in [2.75, 3.05) is 27.9 Å². The standard InChI is InChI=1S/C14H23N3O3/c1-10(9-18-2)17-14(15)16-8-11-5-6-12(19-3)7-13(11)20-4/h5-7,10H,8-9H2,1-4H3,(H3,15,16,17). The van der Waals surface area contributed by atoms with E-state index in [1.165, 1.54) is 0 Å². The van der Waals surface area contributed by atoms with Gasteiger partial charge in [0.1, 0.15) is 11.5 Å². The second-order valence-corrected chi connectivity index (χ2v) is 4.38. The first-order valence-electron chi connectivity index (χ1n) is 6.37. The molecule has 1 aromatic rings. The highest BCUT2D eigenvalue weighted by Gasteiger charge is 2.05. The maximum atomic E-state index is 5.82. The lowest BCUT2D eigenvalue weighted by Gasteiger charge is -2.13. The highest BCUT2D eigenvalue weighted by Crippen LogP contribution is 2.24. The number of methoxy groups -OCH3 is 3. The van der Waals surface area contributed by atoms with Crippen molar-refractivity contribution in [2.45, 2.75) is 19.5 Å². The van der Waals surface area contributed by atoms with Gasteiger partial charge in [0.05, 0.1) is 27.4 Å². The second-order valence-electron chi connectivity index (χ2n) is 4.38. The van der Waals surface area contributed by atoms with Gasteiger partial charge in [-0.2, -0.15) is 0 Å². The monoisotopic (exact) mass is 281 g/mol. The third kappa shape index (κ3) is 4.97. The largest absolute Gasteiger partial charge is 0.497 e. The summed E-state index contributed by atoms with van der Waals surface area (Å²) in [6, 6.07) is 5.71. The summed E-state index contributed by atoms with van der Waals surface area (Å²) in [5.41, 5.74) is 6.76. The number of nitrogens with one attached hydrogen (secondary N) is 1. The Kier molecular flexibility index (Phi) is 6.66. The molecule has 0 aliphatic rings. The maximum absolute atomic E-state index is 5.82. The predicted molar refractivity (Wildman–Crippen MR) is 79.3 cm³/mol. The van der Waals surface area contributed by atoms with Crippen LogP contribution in [-0.4, -0.2) is 39.9 Å². The minimum absolute atomic E-state index is 0.113. The Morgan fingerprint density at radius 2 is 2.05 bits per heavy atom. The van der Waals surface area contributed by atoms with Crippen molar-refractivity contribution in [1.82, 2.24) is 5.32 Å². The van der Waals surface area contributed by atoms with Crippen LogP contribution < -0.4 is 20.5 Å². The number of nitrogens with zero attached hydrogens (tertiary/aromatic N) is 1. The quantitative estimate of drug-likeness (QED) is 0.579. The molecule has 1 rings (SSSR count). The molecule has 112 valence electrons. The summed E-state index contributed by atoms with van der Waals surface area (Å²) in [5.74, 6) is 1.85. The van der Waals surface area contributed by atoms with Crippen LogP contribution in [0, 0.1) is 0 Å². The van der Waals surface area contributed by atoms with Gasteiger partial charge in [-0.3, -0.25) is 0 Å². The van der Waals surface area contributed by atoms with E-state index in [0.717, 1.165) is 17.1 Å². The second kappa shape index (κ2) is 8.27. The Labute approximate surface area is 119 Å². The molecule has 0 aliphatic carbocycles. The van der Waals surface area contributed by atoms with Crippen LogP contribution in [0.1, 0.15) is 12.5 Å². The maximum Gasteiger partial charge on any atom is 0.189 e. The van der Waals surface area contributed by atoms with E-state index in [1.54, 1.807) is 21.3 Å². The van der Waals surface area contributed by atoms with Crippen LogP contribution in [0.4, 0.5) is 0 Å². The first-order chi connectivity index (χ1) is 9.60. The molecule has 0 radical (unpaired) electrons. The molecule has 0 fully saturated rings. The van der Waals surface area contributed by atoms with Crippen LogP contribution in [0.25, 0.3) is 0 Å². The van der Waals surface area contributed by atoms with E-state index in [4.69, 9.17) is 19.9 Å². The van der Waals surface area contributed by atoms with E-state index >= 15 is 0 Å². The Morgan fingerprint density at radius 3 is 2.65 bits per heavy atom. The Hall–Kier alpha value is -1.95. The Bertz CT molecular complexity index is 449. The molecule has 20 heavy (non-hydrogen) atoms. The fraction of sp³-hybridized carbons (Fsp3) is 0.500. The number of hydrogen-bond donors (Lipinski definition) is 2. The molecular weight excluding hydrogens is 258 g/mol. The van der Waals surface area contributed by atoms with Crippen LogP contribution in [0.3, 0.4) is 0 Å². The molecule has 3 N–H and O–H groups in total. The Balaban J connectivity index is 2.68. The van der Waals surface area contributed by atoms with Gasteiger partial charge < -0.3 is 25.3 Å². The summed E-state index contributed by atoms with van der Waals surface area (Å²) in [4.78, 5) is 4.29. The molecule has 0 heterocycles. The number of guanidine groups is 1. The van der Waals surface area contributed by atoms with Gasteiger partial charge in [-0.25, -0.2) is 4.99 Å². The van der Waals surface area contributed by atoms with E-state index in [1.807, 2.05) is 25.1 Å². The zero-order chi connectivity index (χ0) is 15.0. The normalized spacial score (nSPS) is 12.9. The first-order valence-corrected chi connectivity index (χ1v) is 6.37. The number of ether oxygens (including phenoxy) is 3. The minimum atomic E-state index is 0.113. The van der Waals surface area contributed by atoms with Gasteiger partial charge >= 0.3 is 0 Å². The van der Waals surface area contributed by atoms with Gasteiger partial charge in [0.2, 0.25) is 0 Å². The summed E-state index contributed by atoms with van der Waals surface area (Å²) in [7, 11) is 4.88. The average Bonchev–Trinajstić information content (AvgIpc) is 2.45. The van der Waals surface area contributed by atoms with Gasteiger partial charge in [0, 0.05) is 24.8 Å². The van der Waals surface area contributed by atoms with Crippen LogP contribution in [0.5, 0.6) is 11.5 Å². The van der Waals surface area contributed by atoms with Gasteiger partial charge in [-0.15, -0.1) is 0 Å². The molecule has 0 aromatic heterocycles. The number of aliphatic imine (C=N–C) groups is 1. The van der Waals surface area contributed by atoms with E-state index in [9.17, 15) is 0 Å². The van der Waals surface area contributed by atoms with Crippen molar-refractivity contribution in [3.05, 3.63) is 23.8 Å². The predicted octanol–water partition coefficient (Wildman–Crippen LogP) is 1.14. The highest BCUT2D eigenvalue weighted by atomic mass is 16.5. The molecule has 6 nitrogen and oxygen atoms in total. The summed E-state index contributed by atoms with van der Waals surface area (Å²) in [5, 5.41) is 3.05. The summed E-state index contributed by atoms with van der Waals surface area (Å²) in [6.07, 6.45) is 0. The third-order valence-electron chi connectivity index (χ3n) is 2.72. The van der Waals surface area contributed by atoms with Gasteiger partial charge in [0.15, 0.2) is 5.96 Å². The smallest absolute Gasteiger partial charge is 0.189 e. The van der Waals surface area contributed by atoms with Crippen molar-refractivity contribution in [3.63, 3.8) is 0 Å². The lowest BCUT2D eigenvalue weighted by molar-refractivity contribution is 0.179. The summed E-state index contributed by atoms with van der Waals surface area (Å²) < 4.78 is 15.5. The molecule has 0 saturated heterocycles. The van der Waals surface area contributed by atoms with Gasteiger partial charge in [-0.1, -0.05) is 0 Å².